The molecule has 2 aromatic carbocycles. The lowest BCUT2D eigenvalue weighted by Crippen LogP contribution is -2.21. The molecule has 2 rings (SSSR count). The van der Waals surface area contributed by atoms with Crippen molar-refractivity contribution in [1.82, 2.24) is 0 Å². The van der Waals surface area contributed by atoms with Crippen molar-refractivity contribution in [2.75, 3.05) is 18.5 Å². The Bertz CT molecular complexity index is 746. The molecule has 0 atom stereocenters. The van der Waals surface area contributed by atoms with Crippen LogP contribution in [0.3, 0.4) is 0 Å². The predicted octanol–water partition coefficient (Wildman–Crippen LogP) is 3.36. The quantitative estimate of drug-likeness (QED) is 0.790. The SMILES string of the molecule is CCOc1cc(C=O)ccc1OCC(=O)Nc1cc(F)ccc1C. The summed E-state index contributed by atoms with van der Waals surface area (Å²) >= 11 is 0. The van der Waals surface area contributed by atoms with Gasteiger partial charge in [0, 0.05) is 11.3 Å². The predicted molar refractivity (Wildman–Crippen MR) is 88.3 cm³/mol. The van der Waals surface area contributed by atoms with Crippen molar-refractivity contribution in [1.29, 1.82) is 0 Å². The first kappa shape index (κ1) is 17.5. The standard InChI is InChI=1S/C18H18FNO4/c1-3-23-17-8-13(10-21)5-7-16(17)24-11-18(22)20-15-9-14(19)6-4-12(15)2/h4-10H,3,11H2,1-2H3,(H,20,22). The lowest BCUT2D eigenvalue weighted by Gasteiger charge is -2.13. The van der Waals surface area contributed by atoms with Gasteiger partial charge in [0.1, 0.15) is 12.1 Å². The number of hydrogen-bond donors (Lipinski definition) is 1. The van der Waals surface area contributed by atoms with E-state index in [1.54, 1.807) is 38.1 Å². The Balaban J connectivity index is 2.03. The minimum absolute atomic E-state index is 0.267. The number of ether oxygens (including phenoxy) is 2. The molecule has 0 aliphatic heterocycles. The van der Waals surface area contributed by atoms with E-state index in [1.807, 2.05) is 0 Å². The zero-order chi connectivity index (χ0) is 17.5. The summed E-state index contributed by atoms with van der Waals surface area (Å²) in [7, 11) is 0. The Morgan fingerprint density at radius 3 is 2.67 bits per heavy atom. The topological polar surface area (TPSA) is 64.6 Å². The minimum Gasteiger partial charge on any atom is -0.490 e. The Labute approximate surface area is 139 Å². The summed E-state index contributed by atoms with van der Waals surface area (Å²) in [5.74, 6) is -0.115. The van der Waals surface area contributed by atoms with E-state index in [0.717, 1.165) is 5.56 Å². The van der Waals surface area contributed by atoms with Crippen molar-refractivity contribution in [3.05, 3.63) is 53.3 Å². The van der Waals surface area contributed by atoms with Crippen LogP contribution in [0.5, 0.6) is 11.5 Å². The number of amides is 1. The van der Waals surface area contributed by atoms with E-state index in [-0.39, 0.29) is 6.61 Å². The van der Waals surface area contributed by atoms with Crippen LogP contribution in [0, 0.1) is 12.7 Å². The first-order chi connectivity index (χ1) is 11.5. The van der Waals surface area contributed by atoms with E-state index in [0.29, 0.717) is 35.6 Å². The lowest BCUT2D eigenvalue weighted by molar-refractivity contribution is -0.118. The molecule has 0 unspecified atom stereocenters. The molecule has 0 saturated carbocycles. The second kappa shape index (κ2) is 8.10. The first-order valence-electron chi connectivity index (χ1n) is 7.44. The molecule has 0 aliphatic carbocycles. The van der Waals surface area contributed by atoms with Crippen molar-refractivity contribution in [2.45, 2.75) is 13.8 Å². The smallest absolute Gasteiger partial charge is 0.262 e. The van der Waals surface area contributed by atoms with Gasteiger partial charge in [-0.05, 0) is 49.7 Å². The van der Waals surface area contributed by atoms with E-state index in [1.165, 1.54) is 12.1 Å². The molecule has 2 aromatic rings. The van der Waals surface area contributed by atoms with Crippen LogP contribution >= 0.6 is 0 Å². The largest absolute Gasteiger partial charge is 0.490 e. The Morgan fingerprint density at radius 2 is 1.96 bits per heavy atom. The summed E-state index contributed by atoms with van der Waals surface area (Å²) in [6, 6.07) is 8.83. The highest BCUT2D eigenvalue weighted by Gasteiger charge is 2.10. The van der Waals surface area contributed by atoms with Gasteiger partial charge < -0.3 is 14.8 Å². The maximum Gasteiger partial charge on any atom is 0.262 e. The second-order valence-corrected chi connectivity index (χ2v) is 5.05. The Kier molecular flexibility index (Phi) is 5.89. The number of benzene rings is 2. The van der Waals surface area contributed by atoms with Crippen LogP contribution in [0.2, 0.25) is 0 Å². The molecule has 0 heterocycles. The molecule has 0 radical (unpaired) electrons. The fourth-order valence-corrected chi connectivity index (χ4v) is 2.04. The third kappa shape index (κ3) is 4.55. The van der Waals surface area contributed by atoms with Crippen LogP contribution in [0.15, 0.2) is 36.4 Å². The molecule has 0 bridgehead atoms. The molecule has 0 aromatic heterocycles. The van der Waals surface area contributed by atoms with Gasteiger partial charge >= 0.3 is 0 Å². The number of carbonyl (C=O) groups is 2. The molecular weight excluding hydrogens is 313 g/mol. The molecule has 1 N–H and O–H groups in total. The molecule has 24 heavy (non-hydrogen) atoms. The summed E-state index contributed by atoms with van der Waals surface area (Å²) in [6.07, 6.45) is 0.700. The number of hydrogen-bond acceptors (Lipinski definition) is 4. The number of aryl methyl sites for hydroxylation is 1. The van der Waals surface area contributed by atoms with Gasteiger partial charge in [-0.25, -0.2) is 4.39 Å². The first-order valence-corrected chi connectivity index (χ1v) is 7.44. The maximum atomic E-state index is 13.2. The highest BCUT2D eigenvalue weighted by molar-refractivity contribution is 5.92. The Hall–Kier alpha value is -2.89. The zero-order valence-electron chi connectivity index (χ0n) is 13.5. The second-order valence-electron chi connectivity index (χ2n) is 5.05. The molecule has 126 valence electrons. The summed E-state index contributed by atoms with van der Waals surface area (Å²) in [4.78, 5) is 22.8. The molecule has 0 saturated heterocycles. The molecule has 1 amide bonds. The van der Waals surface area contributed by atoms with Gasteiger partial charge in [0.2, 0.25) is 0 Å². The third-order valence-electron chi connectivity index (χ3n) is 3.24. The van der Waals surface area contributed by atoms with Crippen LogP contribution in [0.4, 0.5) is 10.1 Å². The highest BCUT2D eigenvalue weighted by atomic mass is 19.1. The van der Waals surface area contributed by atoms with Crippen LogP contribution in [-0.2, 0) is 4.79 Å². The van der Waals surface area contributed by atoms with Crippen LogP contribution in [0.25, 0.3) is 0 Å². The van der Waals surface area contributed by atoms with E-state index in [4.69, 9.17) is 9.47 Å². The molecule has 0 spiro atoms. The normalized spacial score (nSPS) is 10.1. The average Bonchev–Trinajstić information content (AvgIpc) is 2.57. The number of nitrogens with one attached hydrogen (secondary N) is 1. The molecular formula is C18H18FNO4. The van der Waals surface area contributed by atoms with Gasteiger partial charge in [-0.2, -0.15) is 0 Å². The molecule has 0 fully saturated rings. The molecule has 0 aliphatic rings. The number of rotatable bonds is 7. The number of carbonyl (C=O) groups excluding carboxylic acids is 2. The Morgan fingerprint density at radius 1 is 1.17 bits per heavy atom. The van der Waals surface area contributed by atoms with Gasteiger partial charge in [-0.15, -0.1) is 0 Å². The van der Waals surface area contributed by atoms with Crippen LogP contribution in [0.1, 0.15) is 22.8 Å². The van der Waals surface area contributed by atoms with Crippen molar-refractivity contribution in [3.8, 4) is 11.5 Å². The van der Waals surface area contributed by atoms with E-state index in [9.17, 15) is 14.0 Å². The fraction of sp³-hybridized carbons (Fsp3) is 0.222. The monoisotopic (exact) mass is 331 g/mol. The van der Waals surface area contributed by atoms with Crippen molar-refractivity contribution in [2.24, 2.45) is 0 Å². The van der Waals surface area contributed by atoms with Gasteiger partial charge in [0.05, 0.1) is 6.61 Å². The zero-order valence-corrected chi connectivity index (χ0v) is 13.5. The maximum absolute atomic E-state index is 13.2. The highest BCUT2D eigenvalue weighted by Crippen LogP contribution is 2.28. The van der Waals surface area contributed by atoms with Crippen LogP contribution in [-0.4, -0.2) is 25.4 Å². The summed E-state index contributed by atoms with van der Waals surface area (Å²) in [5.41, 5.74) is 1.59. The van der Waals surface area contributed by atoms with Crippen molar-refractivity contribution < 1.29 is 23.5 Å². The molecule has 5 nitrogen and oxygen atoms in total. The van der Waals surface area contributed by atoms with Gasteiger partial charge in [-0.1, -0.05) is 6.07 Å². The lowest BCUT2D eigenvalue weighted by atomic mass is 10.2. The van der Waals surface area contributed by atoms with Crippen LogP contribution < -0.4 is 14.8 Å². The van der Waals surface area contributed by atoms with E-state index >= 15 is 0 Å². The summed E-state index contributed by atoms with van der Waals surface area (Å²) in [5, 5.41) is 2.59. The fourth-order valence-electron chi connectivity index (χ4n) is 2.04. The van der Waals surface area contributed by atoms with Gasteiger partial charge in [-0.3, -0.25) is 9.59 Å². The number of anilines is 1. The third-order valence-corrected chi connectivity index (χ3v) is 3.24. The van der Waals surface area contributed by atoms with Gasteiger partial charge in [0.15, 0.2) is 18.1 Å². The van der Waals surface area contributed by atoms with Gasteiger partial charge in [0.25, 0.3) is 5.91 Å². The summed E-state index contributed by atoms with van der Waals surface area (Å²) < 4.78 is 24.1. The molecule has 6 heteroatoms. The number of aldehydes is 1. The van der Waals surface area contributed by atoms with Crippen molar-refractivity contribution in [3.63, 3.8) is 0 Å². The summed E-state index contributed by atoms with van der Waals surface area (Å²) in [6.45, 7) is 3.70. The number of halogens is 1. The van der Waals surface area contributed by atoms with E-state index < -0.39 is 11.7 Å². The average molecular weight is 331 g/mol. The van der Waals surface area contributed by atoms with E-state index in [2.05, 4.69) is 5.32 Å². The minimum atomic E-state index is -0.431. The van der Waals surface area contributed by atoms with Crippen molar-refractivity contribution >= 4 is 17.9 Å².